The van der Waals surface area contributed by atoms with Crippen molar-refractivity contribution in [2.75, 3.05) is 0 Å². The lowest BCUT2D eigenvalue weighted by atomic mass is 10.1. The van der Waals surface area contributed by atoms with Crippen LogP contribution in [0.25, 0.3) is 4.91 Å². The molecule has 0 saturated heterocycles. The molecule has 1 N–H and O–H groups in total. The van der Waals surface area contributed by atoms with Gasteiger partial charge in [0, 0.05) is 6.07 Å². The highest BCUT2D eigenvalue weighted by Gasteiger charge is 2.49. The molecule has 1 aromatic carbocycles. The smallest absolute Gasteiger partial charge is 0.285 e. The van der Waals surface area contributed by atoms with Crippen LogP contribution in [0.15, 0.2) is 46.6 Å². The first-order valence-electron chi connectivity index (χ1n) is 8.18. The number of hydrogen-bond donors (Lipinski definition) is 1. The van der Waals surface area contributed by atoms with Crippen molar-refractivity contribution in [1.82, 2.24) is 14.8 Å². The molecule has 0 fully saturated rings. The van der Waals surface area contributed by atoms with E-state index in [-0.39, 0.29) is 17.1 Å². The van der Waals surface area contributed by atoms with E-state index >= 15 is 0 Å². The minimum absolute atomic E-state index is 0.0155. The molecule has 0 aliphatic carbocycles. The Labute approximate surface area is 152 Å². The van der Waals surface area contributed by atoms with Crippen molar-refractivity contribution in [2.45, 2.75) is 39.8 Å². The van der Waals surface area contributed by atoms with E-state index in [0.29, 0.717) is 17.0 Å². The quantitative estimate of drug-likeness (QED) is 0.882. The highest BCUT2D eigenvalue weighted by Crippen LogP contribution is 2.38. The SMILES string of the molecule is Cc1cc(CNC2=C(c3ccccc3)S(=O)(=O)N(C(C)(C)C)C2=O)no1. The van der Waals surface area contributed by atoms with Gasteiger partial charge in [0.15, 0.2) is 0 Å². The molecule has 8 heteroatoms. The van der Waals surface area contributed by atoms with E-state index in [1.807, 2.05) is 0 Å². The summed E-state index contributed by atoms with van der Waals surface area (Å²) in [5.41, 5.74) is 0.212. The molecule has 0 unspecified atom stereocenters. The number of sulfonamides is 1. The zero-order valence-electron chi connectivity index (χ0n) is 15.1. The molecule has 0 saturated carbocycles. The van der Waals surface area contributed by atoms with Crippen LogP contribution in [0.3, 0.4) is 0 Å². The number of nitrogens with one attached hydrogen (secondary N) is 1. The number of rotatable bonds is 4. The van der Waals surface area contributed by atoms with E-state index in [0.717, 1.165) is 4.31 Å². The fourth-order valence-corrected chi connectivity index (χ4v) is 4.98. The molecule has 3 rings (SSSR count). The van der Waals surface area contributed by atoms with Crippen molar-refractivity contribution in [3.8, 4) is 0 Å². The van der Waals surface area contributed by atoms with E-state index in [9.17, 15) is 13.2 Å². The second kappa shape index (κ2) is 6.28. The summed E-state index contributed by atoms with van der Waals surface area (Å²) in [6.45, 7) is 7.01. The van der Waals surface area contributed by atoms with Gasteiger partial charge in [0.25, 0.3) is 15.9 Å². The maximum Gasteiger partial charge on any atom is 0.285 e. The van der Waals surface area contributed by atoms with Crippen LogP contribution in [0.2, 0.25) is 0 Å². The van der Waals surface area contributed by atoms with Crippen LogP contribution in [0.4, 0.5) is 0 Å². The Balaban J connectivity index is 2.08. The predicted molar refractivity (Wildman–Crippen MR) is 97.0 cm³/mol. The highest BCUT2D eigenvalue weighted by atomic mass is 32.2. The monoisotopic (exact) mass is 375 g/mol. The van der Waals surface area contributed by atoms with Gasteiger partial charge in [-0.1, -0.05) is 35.5 Å². The van der Waals surface area contributed by atoms with Gasteiger partial charge in [-0.3, -0.25) is 4.79 Å². The third kappa shape index (κ3) is 3.12. The molecular weight excluding hydrogens is 354 g/mol. The summed E-state index contributed by atoms with van der Waals surface area (Å²) < 4.78 is 32.2. The van der Waals surface area contributed by atoms with Crippen molar-refractivity contribution >= 4 is 20.8 Å². The van der Waals surface area contributed by atoms with Gasteiger partial charge in [-0.05, 0) is 33.3 Å². The Morgan fingerprint density at radius 2 is 1.85 bits per heavy atom. The number of amides is 1. The molecular formula is C18H21N3O4S. The van der Waals surface area contributed by atoms with Crippen LogP contribution < -0.4 is 5.32 Å². The lowest BCUT2D eigenvalue weighted by Gasteiger charge is -2.30. The van der Waals surface area contributed by atoms with E-state index in [1.165, 1.54) is 0 Å². The number of benzene rings is 1. The van der Waals surface area contributed by atoms with E-state index < -0.39 is 21.5 Å². The Kier molecular flexibility index (Phi) is 4.39. The summed E-state index contributed by atoms with van der Waals surface area (Å²) in [5, 5.41) is 6.82. The molecule has 2 aromatic rings. The molecule has 0 radical (unpaired) electrons. The number of aryl methyl sites for hydroxylation is 1. The Morgan fingerprint density at radius 3 is 2.38 bits per heavy atom. The van der Waals surface area contributed by atoms with Crippen LogP contribution >= 0.6 is 0 Å². The zero-order valence-corrected chi connectivity index (χ0v) is 15.9. The van der Waals surface area contributed by atoms with Crippen LogP contribution in [0.1, 0.15) is 37.8 Å². The van der Waals surface area contributed by atoms with Gasteiger partial charge in [-0.2, -0.15) is 0 Å². The second-order valence-electron chi connectivity index (χ2n) is 7.10. The number of aromatic nitrogens is 1. The Bertz CT molecular complexity index is 969. The van der Waals surface area contributed by atoms with Crippen LogP contribution in [0.5, 0.6) is 0 Å². The van der Waals surface area contributed by atoms with Crippen molar-refractivity contribution in [1.29, 1.82) is 0 Å². The normalized spacial score (nSPS) is 17.1. The lowest BCUT2D eigenvalue weighted by Crippen LogP contribution is -2.46. The van der Waals surface area contributed by atoms with Crippen molar-refractivity contribution in [2.24, 2.45) is 0 Å². The minimum Gasteiger partial charge on any atom is -0.374 e. The maximum atomic E-state index is 13.1. The summed E-state index contributed by atoms with van der Waals surface area (Å²) >= 11 is 0. The van der Waals surface area contributed by atoms with Crippen molar-refractivity contribution < 1.29 is 17.7 Å². The molecule has 0 bridgehead atoms. The number of hydrogen-bond acceptors (Lipinski definition) is 6. The maximum absolute atomic E-state index is 13.1. The van der Waals surface area contributed by atoms with E-state index in [4.69, 9.17) is 4.52 Å². The second-order valence-corrected chi connectivity index (χ2v) is 8.82. The molecule has 0 atom stereocenters. The van der Waals surface area contributed by atoms with E-state index in [1.54, 1.807) is 64.1 Å². The van der Waals surface area contributed by atoms with Gasteiger partial charge in [0.2, 0.25) is 0 Å². The molecule has 138 valence electrons. The first kappa shape index (κ1) is 18.2. The molecule has 0 spiro atoms. The number of carbonyl (C=O) groups excluding carboxylic acids is 1. The molecule has 1 amide bonds. The first-order valence-corrected chi connectivity index (χ1v) is 9.62. The molecule has 1 aromatic heterocycles. The highest BCUT2D eigenvalue weighted by molar-refractivity contribution is 7.99. The fourth-order valence-electron chi connectivity index (χ4n) is 2.91. The van der Waals surface area contributed by atoms with Crippen LogP contribution in [0, 0.1) is 6.92 Å². The number of carbonyl (C=O) groups is 1. The van der Waals surface area contributed by atoms with Crippen LogP contribution in [-0.4, -0.2) is 29.3 Å². The van der Waals surface area contributed by atoms with Gasteiger partial charge >= 0.3 is 0 Å². The Hall–Kier alpha value is -2.61. The largest absolute Gasteiger partial charge is 0.374 e. The summed E-state index contributed by atoms with van der Waals surface area (Å²) in [4.78, 5) is 12.9. The fraction of sp³-hybridized carbons (Fsp3) is 0.333. The summed E-state index contributed by atoms with van der Waals surface area (Å²) in [5.74, 6) is 0.0670. The van der Waals surface area contributed by atoms with Gasteiger partial charge < -0.3 is 9.84 Å². The van der Waals surface area contributed by atoms with E-state index in [2.05, 4.69) is 10.5 Å². The van der Waals surface area contributed by atoms with Gasteiger partial charge in [0.05, 0.1) is 12.1 Å². The van der Waals surface area contributed by atoms with Gasteiger partial charge in [0.1, 0.15) is 22.1 Å². The van der Waals surface area contributed by atoms with Gasteiger partial charge in [-0.25, -0.2) is 12.7 Å². The topological polar surface area (TPSA) is 92.5 Å². The summed E-state index contributed by atoms with van der Waals surface area (Å²) in [6, 6.07) is 10.3. The zero-order chi connectivity index (χ0) is 19.1. The molecule has 1 aliphatic rings. The Morgan fingerprint density at radius 1 is 1.19 bits per heavy atom. The molecule has 1 aliphatic heterocycles. The molecule has 26 heavy (non-hydrogen) atoms. The summed E-state index contributed by atoms with van der Waals surface area (Å²) in [6.07, 6.45) is 0. The number of nitrogens with zero attached hydrogens (tertiary/aromatic N) is 2. The predicted octanol–water partition coefficient (Wildman–Crippen LogP) is 2.41. The third-order valence-corrected chi connectivity index (χ3v) is 6.04. The molecule has 2 heterocycles. The first-order chi connectivity index (χ1) is 12.1. The molecule has 7 nitrogen and oxygen atoms in total. The minimum atomic E-state index is -3.98. The third-order valence-electron chi connectivity index (χ3n) is 3.89. The standard InChI is InChI=1S/C18H21N3O4S/c1-12-10-14(20-25-12)11-19-15-16(13-8-6-5-7-9-13)26(23,24)21(17(15)22)18(2,3)4/h5-10,19H,11H2,1-4H3. The average molecular weight is 375 g/mol. The summed E-state index contributed by atoms with van der Waals surface area (Å²) in [7, 11) is -3.98. The lowest BCUT2D eigenvalue weighted by molar-refractivity contribution is -0.125. The average Bonchev–Trinajstić information content (AvgIpc) is 3.03. The van der Waals surface area contributed by atoms with Crippen molar-refractivity contribution in [3.05, 3.63) is 59.1 Å². The van der Waals surface area contributed by atoms with Gasteiger partial charge in [-0.15, -0.1) is 0 Å². The van der Waals surface area contributed by atoms with Crippen molar-refractivity contribution in [3.63, 3.8) is 0 Å². The van der Waals surface area contributed by atoms with Crippen LogP contribution in [-0.2, 0) is 21.4 Å².